The fourth-order valence-corrected chi connectivity index (χ4v) is 1.62. The summed E-state index contributed by atoms with van der Waals surface area (Å²) in [6.45, 7) is 1.35. The van der Waals surface area contributed by atoms with Gasteiger partial charge in [-0.2, -0.15) is 4.98 Å². The minimum absolute atomic E-state index is 0.0837. The Balaban J connectivity index is 2.14. The molecule has 0 aliphatic rings. The van der Waals surface area contributed by atoms with Crippen molar-refractivity contribution in [1.82, 2.24) is 15.5 Å². The minimum atomic E-state index is -0.511. The van der Waals surface area contributed by atoms with E-state index in [9.17, 15) is 9.18 Å². The Morgan fingerprint density at radius 3 is 3.00 bits per heavy atom. The summed E-state index contributed by atoms with van der Waals surface area (Å²) < 4.78 is 18.0. The third-order valence-electron chi connectivity index (χ3n) is 2.51. The van der Waals surface area contributed by atoms with E-state index in [-0.39, 0.29) is 24.3 Å². The first kappa shape index (κ1) is 14.7. The number of nitrogens with zero attached hydrogens (tertiary/aromatic N) is 2. The molecule has 2 rings (SSSR count). The number of aromatic nitrogens is 2. The van der Waals surface area contributed by atoms with Crippen LogP contribution in [0.2, 0.25) is 0 Å². The second kappa shape index (κ2) is 6.63. The zero-order valence-electron chi connectivity index (χ0n) is 11.2. The van der Waals surface area contributed by atoms with Crippen molar-refractivity contribution in [2.24, 2.45) is 0 Å². The van der Waals surface area contributed by atoms with Gasteiger partial charge in [-0.15, -0.1) is 0 Å². The number of aryl methyl sites for hydroxylation is 1. The topological polar surface area (TPSA) is 88.2 Å². The van der Waals surface area contributed by atoms with Gasteiger partial charge in [-0.3, -0.25) is 4.79 Å². The van der Waals surface area contributed by atoms with Gasteiger partial charge in [0, 0.05) is 12.5 Å². The van der Waals surface area contributed by atoms with Gasteiger partial charge in [0.2, 0.25) is 5.89 Å². The second-order valence-electron chi connectivity index (χ2n) is 4.06. The Hall–Kier alpha value is -2.72. The lowest BCUT2D eigenvalue weighted by molar-refractivity contribution is 0.0949. The molecule has 0 atom stereocenters. The summed E-state index contributed by atoms with van der Waals surface area (Å²) in [5.74, 6) is 4.70. The number of benzene rings is 1. The van der Waals surface area contributed by atoms with Crippen molar-refractivity contribution in [2.75, 3.05) is 6.61 Å². The van der Waals surface area contributed by atoms with Crippen molar-refractivity contribution < 1.29 is 18.8 Å². The van der Waals surface area contributed by atoms with Crippen LogP contribution < -0.4 is 5.32 Å². The first-order valence-electron chi connectivity index (χ1n) is 6.07. The fourth-order valence-electron chi connectivity index (χ4n) is 1.62. The maximum absolute atomic E-state index is 13.2. The van der Waals surface area contributed by atoms with Gasteiger partial charge in [-0.1, -0.05) is 17.0 Å². The highest BCUT2D eigenvalue weighted by Crippen LogP contribution is 2.10. The normalized spacial score (nSPS) is 9.86. The molecular formula is C14H12FN3O3. The van der Waals surface area contributed by atoms with Crippen molar-refractivity contribution in [3.63, 3.8) is 0 Å². The standard InChI is InChI=1S/C14H12FN3O3/c1-9-17-13(18-21-9)8-16-14(20)12-5-4-11(15)7-10(12)3-2-6-19/h4-5,7,19H,6,8H2,1H3,(H,16,20). The van der Waals surface area contributed by atoms with Crippen LogP contribution in [0.4, 0.5) is 4.39 Å². The minimum Gasteiger partial charge on any atom is -0.384 e. The van der Waals surface area contributed by atoms with Crippen molar-refractivity contribution in [2.45, 2.75) is 13.5 Å². The number of hydrogen-bond acceptors (Lipinski definition) is 5. The van der Waals surface area contributed by atoms with E-state index in [1.54, 1.807) is 6.92 Å². The quantitative estimate of drug-likeness (QED) is 0.816. The SMILES string of the molecule is Cc1nc(CNC(=O)c2ccc(F)cc2C#CCO)no1. The second-order valence-corrected chi connectivity index (χ2v) is 4.06. The van der Waals surface area contributed by atoms with E-state index >= 15 is 0 Å². The fraction of sp³-hybridized carbons (Fsp3) is 0.214. The van der Waals surface area contributed by atoms with Crippen molar-refractivity contribution in [1.29, 1.82) is 0 Å². The van der Waals surface area contributed by atoms with E-state index in [1.807, 2.05) is 0 Å². The first-order valence-corrected chi connectivity index (χ1v) is 6.07. The average Bonchev–Trinajstić information content (AvgIpc) is 2.88. The molecule has 0 unspecified atom stereocenters. The highest BCUT2D eigenvalue weighted by atomic mass is 19.1. The van der Waals surface area contributed by atoms with Crippen LogP contribution in [0.1, 0.15) is 27.6 Å². The molecule has 2 N–H and O–H groups in total. The molecule has 1 aromatic carbocycles. The maximum Gasteiger partial charge on any atom is 0.252 e. The summed E-state index contributed by atoms with van der Waals surface area (Å²) in [6.07, 6.45) is 0. The summed E-state index contributed by atoms with van der Waals surface area (Å²) in [5, 5.41) is 14.9. The molecule has 0 saturated heterocycles. The van der Waals surface area contributed by atoms with E-state index in [2.05, 4.69) is 27.3 Å². The number of aliphatic hydroxyl groups is 1. The van der Waals surface area contributed by atoms with Crippen molar-refractivity contribution >= 4 is 5.91 Å². The first-order chi connectivity index (χ1) is 10.1. The van der Waals surface area contributed by atoms with Gasteiger partial charge in [0.05, 0.1) is 12.1 Å². The van der Waals surface area contributed by atoms with Crippen LogP contribution in [-0.4, -0.2) is 27.8 Å². The molecule has 0 fully saturated rings. The Morgan fingerprint density at radius 1 is 1.52 bits per heavy atom. The van der Waals surface area contributed by atoms with Gasteiger partial charge in [-0.25, -0.2) is 4.39 Å². The van der Waals surface area contributed by atoms with Crippen LogP contribution in [0.25, 0.3) is 0 Å². The molecule has 6 nitrogen and oxygen atoms in total. The molecule has 0 radical (unpaired) electrons. The molecule has 2 aromatic rings. The summed E-state index contributed by atoms with van der Waals surface area (Å²) in [5.41, 5.74) is 0.406. The molecule has 0 bridgehead atoms. The Morgan fingerprint density at radius 2 is 2.33 bits per heavy atom. The largest absolute Gasteiger partial charge is 0.384 e. The van der Waals surface area contributed by atoms with Crippen LogP contribution in [0.15, 0.2) is 22.7 Å². The lowest BCUT2D eigenvalue weighted by atomic mass is 10.1. The van der Waals surface area contributed by atoms with Gasteiger partial charge in [0.15, 0.2) is 5.82 Å². The third-order valence-corrected chi connectivity index (χ3v) is 2.51. The van der Waals surface area contributed by atoms with Crippen LogP contribution in [-0.2, 0) is 6.54 Å². The summed E-state index contributed by atoms with van der Waals surface area (Å²) in [6, 6.07) is 3.63. The molecule has 0 saturated carbocycles. The van der Waals surface area contributed by atoms with Crippen LogP contribution in [0.5, 0.6) is 0 Å². The average molecular weight is 289 g/mol. The molecule has 0 aliphatic heterocycles. The lowest BCUT2D eigenvalue weighted by Crippen LogP contribution is -2.24. The molecule has 1 heterocycles. The molecule has 7 heteroatoms. The molecule has 0 spiro atoms. The maximum atomic E-state index is 13.2. The third kappa shape index (κ3) is 3.87. The molecular weight excluding hydrogens is 277 g/mol. The van der Waals surface area contributed by atoms with Gasteiger partial charge in [0.25, 0.3) is 5.91 Å². The van der Waals surface area contributed by atoms with Crippen LogP contribution in [0.3, 0.4) is 0 Å². The van der Waals surface area contributed by atoms with E-state index in [4.69, 9.17) is 9.63 Å². The number of amides is 1. The number of rotatable bonds is 3. The predicted octanol–water partition coefficient (Wildman–Crippen LogP) is 0.791. The number of halogens is 1. The Kier molecular flexibility index (Phi) is 4.64. The highest BCUT2D eigenvalue weighted by molar-refractivity contribution is 5.96. The number of hydrogen-bond donors (Lipinski definition) is 2. The molecule has 1 amide bonds. The van der Waals surface area contributed by atoms with E-state index in [1.165, 1.54) is 6.07 Å². The smallest absolute Gasteiger partial charge is 0.252 e. The van der Waals surface area contributed by atoms with Crippen molar-refractivity contribution in [3.8, 4) is 11.8 Å². The van der Waals surface area contributed by atoms with Crippen molar-refractivity contribution in [3.05, 3.63) is 46.9 Å². The highest BCUT2D eigenvalue weighted by Gasteiger charge is 2.12. The molecule has 108 valence electrons. The van der Waals surface area contributed by atoms with Gasteiger partial charge in [0.1, 0.15) is 12.4 Å². The summed E-state index contributed by atoms with van der Waals surface area (Å²) in [4.78, 5) is 16.0. The van der Waals surface area contributed by atoms with Crippen LogP contribution >= 0.6 is 0 Å². The van der Waals surface area contributed by atoms with Gasteiger partial charge in [-0.05, 0) is 18.2 Å². The van der Waals surface area contributed by atoms with E-state index < -0.39 is 11.7 Å². The van der Waals surface area contributed by atoms with E-state index in [0.717, 1.165) is 12.1 Å². The van der Waals surface area contributed by atoms with Gasteiger partial charge >= 0.3 is 0 Å². The molecule has 0 aliphatic carbocycles. The number of aliphatic hydroxyl groups excluding tert-OH is 1. The zero-order valence-corrected chi connectivity index (χ0v) is 11.2. The monoisotopic (exact) mass is 289 g/mol. The molecule has 21 heavy (non-hydrogen) atoms. The zero-order chi connectivity index (χ0) is 15.2. The number of nitrogens with one attached hydrogen (secondary N) is 1. The number of carbonyl (C=O) groups excluding carboxylic acids is 1. The summed E-state index contributed by atoms with van der Waals surface area (Å²) in [7, 11) is 0. The predicted molar refractivity (Wildman–Crippen MR) is 70.6 cm³/mol. The van der Waals surface area contributed by atoms with Crippen LogP contribution in [0, 0.1) is 24.6 Å². The number of carbonyl (C=O) groups is 1. The summed E-state index contributed by atoms with van der Waals surface area (Å²) >= 11 is 0. The van der Waals surface area contributed by atoms with Gasteiger partial charge < -0.3 is 14.9 Å². The van der Waals surface area contributed by atoms with E-state index in [0.29, 0.717) is 11.7 Å². The Bertz CT molecular complexity index is 716. The molecule has 1 aromatic heterocycles. The Labute approximate surface area is 120 Å². The lowest BCUT2D eigenvalue weighted by Gasteiger charge is -2.05.